The third kappa shape index (κ3) is 3.34. The third-order valence-corrected chi connectivity index (χ3v) is 8.34. The predicted octanol–water partition coefficient (Wildman–Crippen LogP) is 5.91. The van der Waals surface area contributed by atoms with E-state index in [4.69, 9.17) is 32.7 Å². The Morgan fingerprint density at radius 3 is 2.44 bits per heavy atom. The van der Waals surface area contributed by atoms with Crippen molar-refractivity contribution < 1.29 is 19.1 Å². The van der Waals surface area contributed by atoms with Gasteiger partial charge in [-0.2, -0.15) is 5.26 Å². The summed E-state index contributed by atoms with van der Waals surface area (Å²) in [7, 11) is 0. The number of fused-ring (bicyclic) bond motifs is 6. The number of imide groups is 1. The van der Waals surface area contributed by atoms with Gasteiger partial charge >= 0.3 is 0 Å². The van der Waals surface area contributed by atoms with Crippen molar-refractivity contribution in [2.75, 3.05) is 11.5 Å². The molecule has 0 aromatic heterocycles. The molecule has 0 saturated carbocycles. The summed E-state index contributed by atoms with van der Waals surface area (Å²) in [4.78, 5) is 29.1. The van der Waals surface area contributed by atoms with Crippen molar-refractivity contribution in [1.82, 2.24) is 0 Å². The molecule has 3 fully saturated rings. The van der Waals surface area contributed by atoms with Gasteiger partial charge in [-0.05, 0) is 50.1 Å². The van der Waals surface area contributed by atoms with Crippen LogP contribution in [-0.2, 0) is 14.3 Å². The molecule has 36 heavy (non-hydrogen) atoms. The molecule has 3 aromatic rings. The summed E-state index contributed by atoms with van der Waals surface area (Å²) >= 11 is 12.2. The molecule has 0 spiro atoms. The minimum Gasteiger partial charge on any atom is -0.493 e. The minimum atomic E-state index is -0.786. The van der Waals surface area contributed by atoms with E-state index < -0.39 is 23.0 Å². The highest BCUT2D eigenvalue weighted by atomic mass is 35.5. The van der Waals surface area contributed by atoms with Crippen molar-refractivity contribution >= 4 is 51.5 Å². The highest BCUT2D eigenvalue weighted by molar-refractivity contribution is 6.34. The second-order valence-corrected chi connectivity index (χ2v) is 10.8. The van der Waals surface area contributed by atoms with E-state index in [-0.39, 0.29) is 18.4 Å². The molecule has 3 heterocycles. The van der Waals surface area contributed by atoms with Crippen molar-refractivity contribution in [3.8, 4) is 11.8 Å². The number of amides is 2. The minimum absolute atomic E-state index is 0.244. The number of halogens is 2. The Hall–Kier alpha value is -3.11. The SMILES string of the molecule is C[C@]12CC[C@](CCOc3cc(Cl)cc(Cl)c3)(O1)[C@@H]1C(=O)N(c3ccc(C#N)c4ccccc34)C(=O)[C@@H]12. The molecule has 6 rings (SSSR count). The molecule has 3 aliphatic rings. The number of nitriles is 1. The van der Waals surface area contributed by atoms with Gasteiger partial charge < -0.3 is 9.47 Å². The Bertz CT molecular complexity index is 1460. The number of carbonyl (C=O) groups excluding carboxylic acids is 2. The fraction of sp³-hybridized carbons (Fsp3) is 0.321. The van der Waals surface area contributed by atoms with E-state index in [1.807, 2.05) is 31.2 Å². The third-order valence-electron chi connectivity index (χ3n) is 7.90. The van der Waals surface area contributed by atoms with Gasteiger partial charge in [0.2, 0.25) is 11.8 Å². The fourth-order valence-corrected chi connectivity index (χ4v) is 6.88. The first kappa shape index (κ1) is 23.3. The van der Waals surface area contributed by atoms with Crippen molar-refractivity contribution in [2.24, 2.45) is 11.8 Å². The standard InChI is InChI=1S/C28H22Cl2N2O4/c1-27-8-9-28(36-27,10-11-35-19-13-17(29)12-18(30)14-19)24-23(27)25(33)32(26(24)34)22-7-6-16(15-31)20-4-2-3-5-21(20)22/h2-7,12-14,23-24H,8-11H2,1H3/t23-,24+,27-,28-/m1/s1. The lowest BCUT2D eigenvalue weighted by atomic mass is 9.67. The molecule has 2 amide bonds. The van der Waals surface area contributed by atoms with E-state index in [1.165, 1.54) is 4.90 Å². The Morgan fingerprint density at radius 2 is 1.72 bits per heavy atom. The zero-order chi connectivity index (χ0) is 25.2. The topological polar surface area (TPSA) is 79.6 Å². The van der Waals surface area contributed by atoms with Crippen molar-refractivity contribution in [3.05, 3.63) is 70.2 Å². The van der Waals surface area contributed by atoms with Crippen LogP contribution in [0.2, 0.25) is 10.0 Å². The summed E-state index contributed by atoms with van der Waals surface area (Å²) in [6.07, 6.45) is 1.82. The average molecular weight is 521 g/mol. The zero-order valence-electron chi connectivity index (χ0n) is 19.5. The largest absolute Gasteiger partial charge is 0.493 e. The summed E-state index contributed by atoms with van der Waals surface area (Å²) in [5.74, 6) is -1.11. The van der Waals surface area contributed by atoms with Gasteiger partial charge in [0.1, 0.15) is 5.75 Å². The molecule has 3 aromatic carbocycles. The number of nitrogens with zero attached hydrogens (tertiary/aromatic N) is 2. The van der Waals surface area contributed by atoms with Crippen molar-refractivity contribution in [3.63, 3.8) is 0 Å². The summed E-state index contributed by atoms with van der Waals surface area (Å²) in [6.45, 7) is 2.22. The summed E-state index contributed by atoms with van der Waals surface area (Å²) in [6, 6.07) is 17.9. The van der Waals surface area contributed by atoms with E-state index in [2.05, 4.69) is 6.07 Å². The summed E-state index contributed by atoms with van der Waals surface area (Å²) in [5.41, 5.74) is -0.490. The molecule has 3 aliphatic heterocycles. The molecule has 4 atom stereocenters. The molecule has 0 aliphatic carbocycles. The molecule has 2 bridgehead atoms. The quantitative estimate of drug-likeness (QED) is 0.390. The number of ether oxygens (including phenoxy) is 2. The second-order valence-electron chi connectivity index (χ2n) is 9.94. The van der Waals surface area contributed by atoms with E-state index in [0.29, 0.717) is 57.1 Å². The first-order chi connectivity index (χ1) is 17.3. The van der Waals surface area contributed by atoms with Gasteiger partial charge in [-0.25, -0.2) is 4.90 Å². The Balaban J connectivity index is 1.33. The summed E-state index contributed by atoms with van der Waals surface area (Å²) in [5, 5.41) is 11.9. The number of hydrogen-bond acceptors (Lipinski definition) is 5. The van der Waals surface area contributed by atoms with Gasteiger partial charge in [-0.3, -0.25) is 9.59 Å². The number of rotatable bonds is 5. The maximum Gasteiger partial charge on any atom is 0.240 e. The molecular formula is C28H22Cl2N2O4. The van der Waals surface area contributed by atoms with Crippen LogP contribution >= 0.6 is 23.2 Å². The highest BCUT2D eigenvalue weighted by Gasteiger charge is 2.73. The molecule has 182 valence electrons. The smallest absolute Gasteiger partial charge is 0.240 e. The van der Waals surface area contributed by atoms with E-state index in [1.54, 1.807) is 30.3 Å². The highest BCUT2D eigenvalue weighted by Crippen LogP contribution is 2.62. The Labute approximate surface area is 218 Å². The number of anilines is 1. The molecule has 8 heteroatoms. The normalized spacial score (nSPS) is 28.6. The van der Waals surface area contributed by atoms with Crippen molar-refractivity contribution in [2.45, 2.75) is 37.4 Å². The molecule has 3 saturated heterocycles. The first-order valence-electron chi connectivity index (χ1n) is 11.9. The van der Waals surface area contributed by atoms with Gasteiger partial charge in [0.25, 0.3) is 0 Å². The van der Waals surface area contributed by atoms with Crippen LogP contribution in [0.1, 0.15) is 31.7 Å². The predicted molar refractivity (Wildman–Crippen MR) is 136 cm³/mol. The van der Waals surface area contributed by atoms with Crippen molar-refractivity contribution in [1.29, 1.82) is 5.26 Å². The van der Waals surface area contributed by atoms with Crippen LogP contribution in [0.25, 0.3) is 10.8 Å². The van der Waals surface area contributed by atoms with Crippen LogP contribution in [0.4, 0.5) is 5.69 Å². The lowest BCUT2D eigenvalue weighted by molar-refractivity contribution is -0.131. The lowest BCUT2D eigenvalue weighted by Crippen LogP contribution is -2.43. The summed E-state index contributed by atoms with van der Waals surface area (Å²) < 4.78 is 12.4. The fourth-order valence-electron chi connectivity index (χ4n) is 6.38. The second kappa shape index (κ2) is 8.21. The number of hydrogen-bond donors (Lipinski definition) is 0. The molecule has 0 radical (unpaired) electrons. The van der Waals surface area contributed by atoms with Gasteiger partial charge in [0.05, 0.1) is 47.0 Å². The molecular weight excluding hydrogens is 499 g/mol. The molecule has 0 unspecified atom stereocenters. The van der Waals surface area contributed by atoms with Crippen LogP contribution in [0, 0.1) is 23.2 Å². The lowest BCUT2D eigenvalue weighted by Gasteiger charge is -2.31. The van der Waals surface area contributed by atoms with Gasteiger partial charge in [-0.15, -0.1) is 0 Å². The molecule has 6 nitrogen and oxygen atoms in total. The number of benzene rings is 3. The van der Waals surface area contributed by atoms with E-state index in [9.17, 15) is 14.9 Å². The average Bonchev–Trinajstić information content (AvgIpc) is 3.42. The van der Waals surface area contributed by atoms with Crippen LogP contribution in [0.5, 0.6) is 5.75 Å². The molecule has 0 N–H and O–H groups in total. The maximum atomic E-state index is 13.9. The van der Waals surface area contributed by atoms with Gasteiger partial charge in [0.15, 0.2) is 0 Å². The van der Waals surface area contributed by atoms with E-state index in [0.717, 1.165) is 0 Å². The van der Waals surface area contributed by atoms with Crippen LogP contribution in [0.15, 0.2) is 54.6 Å². The zero-order valence-corrected chi connectivity index (χ0v) is 21.0. The number of carbonyl (C=O) groups is 2. The van der Waals surface area contributed by atoms with Crippen LogP contribution in [-0.4, -0.2) is 29.6 Å². The van der Waals surface area contributed by atoms with Gasteiger partial charge in [-0.1, -0.05) is 47.5 Å². The first-order valence-corrected chi connectivity index (χ1v) is 12.6. The van der Waals surface area contributed by atoms with E-state index >= 15 is 0 Å². The van der Waals surface area contributed by atoms with Gasteiger partial charge in [0, 0.05) is 27.2 Å². The maximum absolute atomic E-state index is 13.9. The van der Waals surface area contributed by atoms with Crippen LogP contribution < -0.4 is 9.64 Å². The monoisotopic (exact) mass is 520 g/mol. The van der Waals surface area contributed by atoms with Crippen LogP contribution in [0.3, 0.4) is 0 Å². The Morgan fingerprint density at radius 1 is 1.03 bits per heavy atom. The Kier molecular flexibility index (Phi) is 5.31.